The molecular formula is C12H25ClO4S. The first-order valence-electron chi connectivity index (χ1n) is 6.30. The van der Waals surface area contributed by atoms with Gasteiger partial charge in [-0.3, -0.25) is 0 Å². The van der Waals surface area contributed by atoms with E-state index in [0.29, 0.717) is 32.3 Å². The van der Waals surface area contributed by atoms with Gasteiger partial charge < -0.3 is 9.47 Å². The van der Waals surface area contributed by atoms with Crippen LogP contribution in [0.1, 0.15) is 27.7 Å². The van der Waals surface area contributed by atoms with Crippen LogP contribution in [0.5, 0.6) is 0 Å². The second-order valence-corrected chi connectivity index (χ2v) is 8.07. The summed E-state index contributed by atoms with van der Waals surface area (Å²) in [5, 5.41) is 0. The van der Waals surface area contributed by atoms with Crippen LogP contribution in [0.25, 0.3) is 0 Å². The van der Waals surface area contributed by atoms with Crippen molar-refractivity contribution in [3.05, 3.63) is 0 Å². The molecule has 0 amide bonds. The van der Waals surface area contributed by atoms with Gasteiger partial charge in [0.15, 0.2) is 0 Å². The average molecular weight is 301 g/mol. The standard InChI is InChI=1S/C12H25ClO4S/c1-10(2)7-16-5-6-17-8-12(11(3)4)9-18(13,14)15/h10-12H,5-9H2,1-4H3. The maximum absolute atomic E-state index is 11.0. The van der Waals surface area contributed by atoms with E-state index in [9.17, 15) is 8.42 Å². The number of hydrogen-bond acceptors (Lipinski definition) is 4. The molecule has 1 atom stereocenters. The molecule has 0 aromatic heterocycles. The lowest BCUT2D eigenvalue weighted by Gasteiger charge is -2.19. The zero-order valence-corrected chi connectivity index (χ0v) is 13.3. The van der Waals surface area contributed by atoms with Gasteiger partial charge in [-0.25, -0.2) is 8.42 Å². The molecule has 0 aliphatic rings. The summed E-state index contributed by atoms with van der Waals surface area (Å²) in [7, 11) is 1.80. The largest absolute Gasteiger partial charge is 0.379 e. The minimum absolute atomic E-state index is 0.0426. The minimum Gasteiger partial charge on any atom is -0.379 e. The van der Waals surface area contributed by atoms with Crippen LogP contribution in [-0.2, 0) is 18.5 Å². The van der Waals surface area contributed by atoms with E-state index in [1.165, 1.54) is 0 Å². The topological polar surface area (TPSA) is 52.6 Å². The second kappa shape index (κ2) is 9.13. The van der Waals surface area contributed by atoms with Gasteiger partial charge in [0.05, 0.1) is 25.6 Å². The normalized spacial score (nSPS) is 14.4. The number of hydrogen-bond donors (Lipinski definition) is 0. The Bertz CT molecular complexity index is 301. The van der Waals surface area contributed by atoms with Gasteiger partial charge in [0.1, 0.15) is 0 Å². The molecule has 6 heteroatoms. The molecule has 0 aliphatic carbocycles. The molecule has 0 heterocycles. The molecule has 0 bridgehead atoms. The van der Waals surface area contributed by atoms with Crippen LogP contribution in [0, 0.1) is 17.8 Å². The SMILES string of the molecule is CC(C)COCCOCC(CS(=O)(=O)Cl)C(C)C. The minimum atomic E-state index is -3.47. The van der Waals surface area contributed by atoms with Gasteiger partial charge >= 0.3 is 0 Å². The van der Waals surface area contributed by atoms with Crippen LogP contribution in [0.3, 0.4) is 0 Å². The maximum Gasteiger partial charge on any atom is 0.232 e. The summed E-state index contributed by atoms with van der Waals surface area (Å²) in [6, 6.07) is 0. The molecule has 0 saturated heterocycles. The van der Waals surface area contributed by atoms with Crippen molar-refractivity contribution in [2.75, 3.05) is 32.2 Å². The zero-order valence-electron chi connectivity index (χ0n) is 11.7. The molecule has 0 N–H and O–H groups in total. The van der Waals surface area contributed by atoms with E-state index in [0.717, 1.165) is 0 Å². The monoisotopic (exact) mass is 300 g/mol. The summed E-state index contributed by atoms with van der Waals surface area (Å²) < 4.78 is 32.9. The predicted molar refractivity (Wildman–Crippen MR) is 74.4 cm³/mol. The van der Waals surface area contributed by atoms with Crippen LogP contribution in [-0.4, -0.2) is 40.6 Å². The van der Waals surface area contributed by atoms with Gasteiger partial charge in [0.2, 0.25) is 9.05 Å². The third-order valence-electron chi connectivity index (χ3n) is 2.51. The fourth-order valence-electron chi connectivity index (χ4n) is 1.36. The van der Waals surface area contributed by atoms with Gasteiger partial charge in [-0.05, 0) is 17.8 Å². The van der Waals surface area contributed by atoms with Gasteiger partial charge in [0.25, 0.3) is 0 Å². The number of ether oxygens (including phenoxy) is 2. The predicted octanol–water partition coefficient (Wildman–Crippen LogP) is 2.52. The molecule has 18 heavy (non-hydrogen) atoms. The lowest BCUT2D eigenvalue weighted by Crippen LogP contribution is -2.24. The molecular weight excluding hydrogens is 276 g/mol. The lowest BCUT2D eigenvalue weighted by atomic mass is 9.99. The van der Waals surface area contributed by atoms with Crippen molar-refractivity contribution in [1.82, 2.24) is 0 Å². The highest BCUT2D eigenvalue weighted by Crippen LogP contribution is 2.16. The molecule has 0 radical (unpaired) electrons. The Hall–Kier alpha value is 0.160. The van der Waals surface area contributed by atoms with Gasteiger partial charge in [-0.2, -0.15) is 0 Å². The first-order chi connectivity index (χ1) is 8.22. The highest BCUT2D eigenvalue weighted by atomic mass is 35.7. The van der Waals surface area contributed by atoms with Crippen LogP contribution in [0.15, 0.2) is 0 Å². The Morgan fingerprint density at radius 3 is 1.89 bits per heavy atom. The summed E-state index contributed by atoms with van der Waals surface area (Å²) in [4.78, 5) is 0. The van der Waals surface area contributed by atoms with Gasteiger partial charge in [-0.1, -0.05) is 27.7 Å². The fraction of sp³-hybridized carbons (Fsp3) is 1.00. The van der Waals surface area contributed by atoms with E-state index in [1.54, 1.807) is 0 Å². The van der Waals surface area contributed by atoms with E-state index in [1.807, 2.05) is 13.8 Å². The second-order valence-electron chi connectivity index (χ2n) is 5.25. The summed E-state index contributed by atoms with van der Waals surface area (Å²) in [5.74, 6) is 0.613. The smallest absolute Gasteiger partial charge is 0.232 e. The molecule has 0 aromatic carbocycles. The van der Waals surface area contributed by atoms with E-state index in [2.05, 4.69) is 13.8 Å². The molecule has 0 fully saturated rings. The van der Waals surface area contributed by atoms with Crippen molar-refractivity contribution < 1.29 is 17.9 Å². The van der Waals surface area contributed by atoms with Gasteiger partial charge in [0, 0.05) is 17.3 Å². The number of halogens is 1. The van der Waals surface area contributed by atoms with E-state index in [-0.39, 0.29) is 17.6 Å². The van der Waals surface area contributed by atoms with Crippen molar-refractivity contribution in [3.63, 3.8) is 0 Å². The Balaban J connectivity index is 3.79. The van der Waals surface area contributed by atoms with Crippen molar-refractivity contribution >= 4 is 19.7 Å². The van der Waals surface area contributed by atoms with Crippen molar-refractivity contribution in [2.24, 2.45) is 17.8 Å². The molecule has 1 unspecified atom stereocenters. The molecule has 0 aliphatic heterocycles. The molecule has 0 rings (SSSR count). The zero-order chi connectivity index (χ0) is 14.2. The first-order valence-corrected chi connectivity index (χ1v) is 8.78. The highest BCUT2D eigenvalue weighted by molar-refractivity contribution is 8.13. The third-order valence-corrected chi connectivity index (χ3v) is 3.72. The lowest BCUT2D eigenvalue weighted by molar-refractivity contribution is 0.0225. The number of rotatable bonds is 10. The quantitative estimate of drug-likeness (QED) is 0.459. The van der Waals surface area contributed by atoms with Crippen LogP contribution in [0.4, 0.5) is 0 Å². The first kappa shape index (κ1) is 18.2. The molecule has 0 aromatic rings. The maximum atomic E-state index is 11.0. The Morgan fingerprint density at radius 2 is 1.50 bits per heavy atom. The third kappa shape index (κ3) is 11.3. The van der Waals surface area contributed by atoms with Crippen LogP contribution >= 0.6 is 10.7 Å². The Morgan fingerprint density at radius 1 is 1.00 bits per heavy atom. The summed E-state index contributed by atoms with van der Waals surface area (Å²) in [6.07, 6.45) is 0. The average Bonchev–Trinajstić information content (AvgIpc) is 2.18. The summed E-state index contributed by atoms with van der Waals surface area (Å²) in [6.45, 7) is 10.2. The van der Waals surface area contributed by atoms with Crippen molar-refractivity contribution in [2.45, 2.75) is 27.7 Å². The Labute approximate surface area is 115 Å². The van der Waals surface area contributed by atoms with Crippen LogP contribution < -0.4 is 0 Å². The summed E-state index contributed by atoms with van der Waals surface area (Å²) >= 11 is 0. The highest BCUT2D eigenvalue weighted by Gasteiger charge is 2.20. The Kier molecular flexibility index (Phi) is 9.21. The molecule has 110 valence electrons. The molecule has 0 saturated carbocycles. The van der Waals surface area contributed by atoms with E-state index in [4.69, 9.17) is 20.2 Å². The van der Waals surface area contributed by atoms with Crippen molar-refractivity contribution in [1.29, 1.82) is 0 Å². The van der Waals surface area contributed by atoms with Crippen molar-refractivity contribution in [3.8, 4) is 0 Å². The fourth-order valence-corrected chi connectivity index (χ4v) is 2.84. The van der Waals surface area contributed by atoms with Crippen LogP contribution in [0.2, 0.25) is 0 Å². The molecule has 4 nitrogen and oxygen atoms in total. The van der Waals surface area contributed by atoms with E-state index < -0.39 is 9.05 Å². The van der Waals surface area contributed by atoms with E-state index >= 15 is 0 Å². The molecule has 0 spiro atoms. The van der Waals surface area contributed by atoms with Gasteiger partial charge in [-0.15, -0.1) is 0 Å². The summed E-state index contributed by atoms with van der Waals surface area (Å²) in [5.41, 5.74) is 0.